The maximum Gasteiger partial charge on any atom is 0.0190 e. The molecule has 5 aromatic rings. The zero-order valence-corrected chi connectivity index (χ0v) is 26.2. The molecule has 0 fully saturated rings. The number of rotatable bonds is 6. The predicted octanol–water partition coefficient (Wildman–Crippen LogP) is 8.18. The van der Waals surface area contributed by atoms with Gasteiger partial charge in [0.1, 0.15) is 0 Å². The van der Waals surface area contributed by atoms with Crippen molar-refractivity contribution in [1.29, 1.82) is 0 Å². The molecule has 0 bridgehead atoms. The van der Waals surface area contributed by atoms with Gasteiger partial charge >= 0.3 is 0 Å². The van der Waals surface area contributed by atoms with E-state index in [1.54, 1.807) is 27.6 Å². The van der Waals surface area contributed by atoms with Gasteiger partial charge in [0.25, 0.3) is 0 Å². The molecule has 1 unspecified atom stereocenters. The van der Waals surface area contributed by atoms with Gasteiger partial charge in [-0.15, -0.1) is 0 Å². The van der Waals surface area contributed by atoms with E-state index in [9.17, 15) is 0 Å². The maximum absolute atomic E-state index is 2.50. The highest BCUT2D eigenvalue weighted by molar-refractivity contribution is 7.80. The van der Waals surface area contributed by atoms with Crippen LogP contribution in [-0.2, 0) is 11.8 Å². The third-order valence-corrected chi connectivity index (χ3v) is 15.1. The largest absolute Gasteiger partial charge is 0.0833 e. The van der Waals surface area contributed by atoms with Crippen molar-refractivity contribution in [3.63, 3.8) is 0 Å². The Morgan fingerprint density at radius 3 is 1.65 bits per heavy atom. The molecule has 2 atom stereocenters. The molecular weight excluding hydrogens is 554 g/mol. The molecule has 2 heteroatoms. The summed E-state index contributed by atoms with van der Waals surface area (Å²) in [6.07, 6.45) is 11.0. The van der Waals surface area contributed by atoms with Crippen molar-refractivity contribution in [2.45, 2.75) is 43.2 Å². The fourth-order valence-corrected chi connectivity index (χ4v) is 13.7. The first-order chi connectivity index (χ1) is 21.3. The van der Waals surface area contributed by atoms with Crippen molar-refractivity contribution in [3.8, 4) is 0 Å². The van der Waals surface area contributed by atoms with Gasteiger partial charge in [0.05, 0.1) is 0 Å². The predicted molar refractivity (Wildman–Crippen MR) is 188 cm³/mol. The molecule has 5 aromatic carbocycles. The maximum atomic E-state index is 2.50. The van der Waals surface area contributed by atoms with Gasteiger partial charge in [0.15, 0.2) is 0 Å². The lowest BCUT2D eigenvalue weighted by atomic mass is 9.73. The van der Waals surface area contributed by atoms with E-state index in [1.165, 1.54) is 46.9 Å². The van der Waals surface area contributed by atoms with Crippen molar-refractivity contribution in [2.75, 3.05) is 0 Å². The van der Waals surface area contributed by atoms with Crippen LogP contribution in [0, 0.1) is 0 Å². The van der Waals surface area contributed by atoms with Crippen LogP contribution in [0.15, 0.2) is 163 Å². The van der Waals surface area contributed by atoms with Gasteiger partial charge in [-0.3, -0.25) is 0 Å². The number of hydrogen-bond acceptors (Lipinski definition) is 0. The monoisotopic (exact) mass is 590 g/mol. The number of aryl methyl sites for hydroxylation is 1. The van der Waals surface area contributed by atoms with Crippen LogP contribution in [0.25, 0.3) is 0 Å². The van der Waals surface area contributed by atoms with E-state index >= 15 is 0 Å². The Hall–Kier alpha value is -3.56. The summed E-state index contributed by atoms with van der Waals surface area (Å²) in [7, 11) is -1.22. The molecule has 0 saturated carbocycles. The topological polar surface area (TPSA) is 0 Å². The SMILES string of the molecule is C1=CC2=C(C(P(c3ccccc3)c3ccccc3)C1)[C@@]1(CC2)CCc2cccc(P(c3ccccc3)c3ccccc3)c21. The molecular formula is C41H36P2. The average Bonchev–Trinajstić information content (AvgIpc) is 3.65. The Balaban J connectivity index is 1.33. The second kappa shape index (κ2) is 11.5. The minimum absolute atomic E-state index is 0.116. The molecule has 3 aliphatic rings. The molecule has 8 rings (SSSR count). The summed E-state index contributed by atoms with van der Waals surface area (Å²) in [4.78, 5) is 0. The van der Waals surface area contributed by atoms with Gasteiger partial charge in [-0.25, -0.2) is 0 Å². The zero-order valence-electron chi connectivity index (χ0n) is 24.4. The van der Waals surface area contributed by atoms with Crippen molar-refractivity contribution in [2.24, 2.45) is 0 Å². The second-order valence-corrected chi connectivity index (χ2v) is 16.6. The summed E-state index contributed by atoms with van der Waals surface area (Å²) in [6, 6.07) is 52.7. The highest BCUT2D eigenvalue weighted by Crippen LogP contribution is 2.62. The standard InChI is InChI=1S/C41H36P2/c1-5-17-33(18-6-1)42(34-19-7-2-8-20-34)37-25-13-15-31-27-29-41(39(31)37)30-28-32-16-14-26-38(40(32)41)43(35-21-9-3-10-22-35)36-23-11-4-12-24-36/h1-25,38H,26-30H2/t38?,41-/m1/s1. The molecule has 0 aliphatic heterocycles. The second-order valence-electron chi connectivity index (χ2n) is 12.0. The lowest BCUT2D eigenvalue weighted by molar-refractivity contribution is 0.484. The molecule has 0 aromatic heterocycles. The molecule has 43 heavy (non-hydrogen) atoms. The first-order valence-electron chi connectivity index (χ1n) is 15.7. The highest BCUT2D eigenvalue weighted by atomic mass is 31.1. The van der Waals surface area contributed by atoms with Crippen molar-refractivity contribution >= 4 is 42.4 Å². The molecule has 0 saturated heterocycles. The van der Waals surface area contributed by atoms with E-state index in [4.69, 9.17) is 0 Å². The van der Waals surface area contributed by atoms with Crippen LogP contribution in [0.2, 0.25) is 0 Å². The molecule has 210 valence electrons. The van der Waals surface area contributed by atoms with Gasteiger partial charge < -0.3 is 0 Å². The molecule has 0 heterocycles. The first-order valence-corrected chi connectivity index (χ1v) is 18.4. The van der Waals surface area contributed by atoms with Gasteiger partial charge in [0.2, 0.25) is 0 Å². The van der Waals surface area contributed by atoms with Crippen LogP contribution in [0.3, 0.4) is 0 Å². The summed E-state index contributed by atoms with van der Waals surface area (Å²) < 4.78 is 0. The lowest BCUT2D eigenvalue weighted by Gasteiger charge is -2.41. The number of fused-ring (bicyclic) bond motifs is 3. The summed E-state index contributed by atoms with van der Waals surface area (Å²) in [5.41, 5.74) is 7.29. The van der Waals surface area contributed by atoms with Gasteiger partial charge in [-0.2, -0.15) is 0 Å². The van der Waals surface area contributed by atoms with Crippen molar-refractivity contribution in [1.82, 2.24) is 0 Å². The third kappa shape index (κ3) is 4.68. The fraction of sp³-hybridized carbons (Fsp3) is 0.171. The number of allylic oxidation sites excluding steroid dienone is 4. The average molecular weight is 591 g/mol. The van der Waals surface area contributed by atoms with E-state index < -0.39 is 15.8 Å². The van der Waals surface area contributed by atoms with Crippen LogP contribution in [-0.4, -0.2) is 5.66 Å². The fourth-order valence-electron chi connectivity index (χ4n) is 8.12. The molecule has 1 spiro atoms. The summed E-state index contributed by atoms with van der Waals surface area (Å²) >= 11 is 0. The van der Waals surface area contributed by atoms with Crippen molar-refractivity contribution < 1.29 is 0 Å². The molecule has 0 nitrogen and oxygen atoms in total. The van der Waals surface area contributed by atoms with E-state index in [-0.39, 0.29) is 5.41 Å². The van der Waals surface area contributed by atoms with Crippen LogP contribution in [0.4, 0.5) is 0 Å². The Bertz CT molecular complexity index is 1710. The van der Waals surface area contributed by atoms with Gasteiger partial charge in [0, 0.05) is 11.1 Å². The molecule has 0 radical (unpaired) electrons. The van der Waals surface area contributed by atoms with Gasteiger partial charge in [-0.05, 0) is 96.7 Å². The summed E-state index contributed by atoms with van der Waals surface area (Å²) in [6.45, 7) is 0. The Morgan fingerprint density at radius 2 is 1.07 bits per heavy atom. The Morgan fingerprint density at radius 1 is 0.535 bits per heavy atom. The third-order valence-electron chi connectivity index (χ3n) is 9.77. The van der Waals surface area contributed by atoms with E-state index in [0.29, 0.717) is 5.66 Å². The number of hydrogen-bond donors (Lipinski definition) is 0. The minimum Gasteiger partial charge on any atom is -0.0833 e. The van der Waals surface area contributed by atoms with Gasteiger partial charge in [-0.1, -0.05) is 152 Å². The Labute approximate surface area is 258 Å². The summed E-state index contributed by atoms with van der Waals surface area (Å²) in [5, 5.41) is 7.47. The zero-order chi connectivity index (χ0) is 28.6. The van der Waals surface area contributed by atoms with Crippen LogP contribution in [0.1, 0.15) is 36.8 Å². The molecule has 0 amide bonds. The van der Waals surface area contributed by atoms with Crippen molar-refractivity contribution in [3.05, 3.63) is 174 Å². The van der Waals surface area contributed by atoms with Crippen LogP contribution >= 0.6 is 15.8 Å². The quantitative estimate of drug-likeness (QED) is 0.175. The molecule has 0 N–H and O–H groups in total. The lowest BCUT2D eigenvalue weighted by Crippen LogP contribution is -2.37. The highest BCUT2D eigenvalue weighted by Gasteiger charge is 2.51. The molecule has 3 aliphatic carbocycles. The van der Waals surface area contributed by atoms with E-state index in [0.717, 1.165) is 6.42 Å². The Kier molecular flexibility index (Phi) is 7.23. The summed E-state index contributed by atoms with van der Waals surface area (Å²) in [5.74, 6) is 0. The minimum atomic E-state index is -0.668. The smallest absolute Gasteiger partial charge is 0.0190 e. The normalized spacial score (nSPS) is 20.7. The van der Waals surface area contributed by atoms with E-state index in [2.05, 4.69) is 152 Å². The number of benzene rings is 5. The van der Waals surface area contributed by atoms with Crippen LogP contribution in [0.5, 0.6) is 0 Å². The van der Waals surface area contributed by atoms with Crippen LogP contribution < -0.4 is 26.5 Å². The first kappa shape index (κ1) is 27.0. The van der Waals surface area contributed by atoms with E-state index in [1.807, 2.05) is 0 Å².